The highest BCUT2D eigenvalue weighted by atomic mass is 19.1. The Labute approximate surface area is 187 Å². The van der Waals surface area contributed by atoms with Crippen molar-refractivity contribution in [2.45, 2.75) is 31.7 Å². The molecule has 0 aromatic carbocycles. The number of nitrogens with zero attached hydrogens (tertiary/aromatic N) is 5. The fourth-order valence-corrected chi connectivity index (χ4v) is 5.61. The third-order valence-corrected chi connectivity index (χ3v) is 7.14. The Balaban J connectivity index is 1.50. The van der Waals surface area contributed by atoms with Gasteiger partial charge in [-0.05, 0) is 49.7 Å². The van der Waals surface area contributed by atoms with Crippen molar-refractivity contribution < 1.29 is 14.3 Å². The third-order valence-electron chi connectivity index (χ3n) is 7.14. The minimum Gasteiger partial charge on any atom is -0.481 e. The van der Waals surface area contributed by atoms with Gasteiger partial charge in [0.25, 0.3) is 0 Å². The first-order chi connectivity index (χ1) is 16.0. The smallest absolute Gasteiger partial charge is 0.308 e. The van der Waals surface area contributed by atoms with E-state index in [2.05, 4.69) is 26.5 Å². The number of fused-ring (bicyclic) bond motifs is 5. The van der Waals surface area contributed by atoms with Crippen molar-refractivity contribution >= 4 is 28.3 Å². The van der Waals surface area contributed by atoms with Crippen molar-refractivity contribution in [2.24, 2.45) is 17.8 Å². The van der Waals surface area contributed by atoms with Crippen LogP contribution in [0.25, 0.3) is 27.9 Å². The Hall–Kier alpha value is -4.00. The average Bonchev–Trinajstić information content (AvgIpc) is 3.43. The summed E-state index contributed by atoms with van der Waals surface area (Å²) >= 11 is 0. The predicted octanol–water partition coefficient (Wildman–Crippen LogP) is 3.58. The Kier molecular flexibility index (Phi) is 4.33. The number of aromatic nitrogens is 5. The Bertz CT molecular complexity index is 1440. The van der Waals surface area contributed by atoms with Crippen LogP contribution in [0.4, 0.5) is 10.2 Å². The summed E-state index contributed by atoms with van der Waals surface area (Å²) in [6.45, 7) is 0. The van der Waals surface area contributed by atoms with E-state index in [0.717, 1.165) is 31.9 Å². The molecule has 0 unspecified atom stereocenters. The number of carbonyl (C=O) groups is 1. The van der Waals surface area contributed by atoms with Gasteiger partial charge in [-0.25, -0.2) is 18.9 Å². The molecule has 4 heterocycles. The SMILES string of the molecule is N#Cc1cc2c(N[C@H]3C4CCC(CC4)[C@@H]3C(=O)O)nc(-c3c[nH]c4ncc(F)cc34)nn2c1. The van der Waals surface area contributed by atoms with Gasteiger partial charge in [-0.15, -0.1) is 5.10 Å². The van der Waals surface area contributed by atoms with Gasteiger partial charge in [-0.3, -0.25) is 4.79 Å². The fourth-order valence-electron chi connectivity index (χ4n) is 5.61. The van der Waals surface area contributed by atoms with Crippen LogP contribution in [0.2, 0.25) is 0 Å². The minimum absolute atomic E-state index is 0.145. The molecule has 2 bridgehead atoms. The second kappa shape index (κ2) is 7.27. The van der Waals surface area contributed by atoms with Crippen molar-refractivity contribution in [3.05, 3.63) is 42.1 Å². The molecule has 166 valence electrons. The van der Waals surface area contributed by atoms with E-state index in [-0.39, 0.29) is 17.9 Å². The number of aliphatic carboxylic acids is 1. The van der Waals surface area contributed by atoms with Crippen molar-refractivity contribution in [2.75, 3.05) is 5.32 Å². The molecular formula is C23H20FN7O2. The zero-order valence-corrected chi connectivity index (χ0v) is 17.5. The van der Waals surface area contributed by atoms with Crippen LogP contribution in [0.3, 0.4) is 0 Å². The van der Waals surface area contributed by atoms with E-state index < -0.39 is 17.7 Å². The minimum atomic E-state index is -0.793. The molecule has 3 aliphatic carbocycles. The second-order valence-corrected chi connectivity index (χ2v) is 8.92. The van der Waals surface area contributed by atoms with Crippen LogP contribution in [0.1, 0.15) is 31.2 Å². The summed E-state index contributed by atoms with van der Waals surface area (Å²) in [5.74, 6) is -0.595. The Morgan fingerprint density at radius 1 is 1.27 bits per heavy atom. The van der Waals surface area contributed by atoms with Crippen LogP contribution in [-0.4, -0.2) is 41.7 Å². The van der Waals surface area contributed by atoms with E-state index in [4.69, 9.17) is 4.98 Å². The van der Waals surface area contributed by atoms with Crippen LogP contribution >= 0.6 is 0 Å². The largest absolute Gasteiger partial charge is 0.481 e. The molecule has 4 aromatic rings. The summed E-state index contributed by atoms with van der Waals surface area (Å²) in [6.07, 6.45) is 8.23. The molecule has 10 heteroatoms. The van der Waals surface area contributed by atoms with Crippen molar-refractivity contribution in [1.82, 2.24) is 24.6 Å². The molecule has 3 N–H and O–H groups in total. The summed E-state index contributed by atoms with van der Waals surface area (Å²) in [6, 6.07) is 4.90. The summed E-state index contributed by atoms with van der Waals surface area (Å²) in [4.78, 5) is 23.9. The van der Waals surface area contributed by atoms with Gasteiger partial charge < -0.3 is 15.4 Å². The Morgan fingerprint density at radius 2 is 2.06 bits per heavy atom. The first kappa shape index (κ1) is 19.7. The van der Waals surface area contributed by atoms with Gasteiger partial charge in [0, 0.05) is 29.4 Å². The summed E-state index contributed by atoms with van der Waals surface area (Å²) in [5.41, 5.74) is 2.07. The van der Waals surface area contributed by atoms with Crippen LogP contribution in [0, 0.1) is 34.9 Å². The van der Waals surface area contributed by atoms with Gasteiger partial charge in [0.2, 0.25) is 0 Å². The summed E-state index contributed by atoms with van der Waals surface area (Å²) < 4.78 is 15.4. The third kappa shape index (κ3) is 3.11. The lowest BCUT2D eigenvalue weighted by Crippen LogP contribution is -2.51. The zero-order valence-electron chi connectivity index (χ0n) is 17.5. The van der Waals surface area contributed by atoms with Crippen LogP contribution < -0.4 is 5.32 Å². The molecule has 33 heavy (non-hydrogen) atoms. The molecule has 3 saturated carbocycles. The van der Waals surface area contributed by atoms with E-state index in [0.29, 0.717) is 39.3 Å². The number of anilines is 1. The average molecular weight is 445 g/mol. The number of pyridine rings is 1. The normalized spacial score (nSPS) is 24.2. The fraction of sp³-hybridized carbons (Fsp3) is 0.348. The number of nitriles is 1. The van der Waals surface area contributed by atoms with E-state index in [1.165, 1.54) is 6.07 Å². The molecule has 7 rings (SSSR count). The van der Waals surface area contributed by atoms with Crippen LogP contribution in [0.15, 0.2) is 30.7 Å². The highest BCUT2D eigenvalue weighted by Gasteiger charge is 2.47. The van der Waals surface area contributed by atoms with Crippen LogP contribution in [-0.2, 0) is 4.79 Å². The van der Waals surface area contributed by atoms with E-state index in [1.807, 2.05) is 0 Å². The number of hydrogen-bond donors (Lipinski definition) is 3. The summed E-state index contributed by atoms with van der Waals surface area (Å²) in [7, 11) is 0. The Morgan fingerprint density at radius 3 is 2.82 bits per heavy atom. The zero-order chi connectivity index (χ0) is 22.7. The van der Waals surface area contributed by atoms with Gasteiger partial charge >= 0.3 is 5.97 Å². The summed E-state index contributed by atoms with van der Waals surface area (Å²) in [5, 5.41) is 27.9. The molecule has 2 atom stereocenters. The lowest BCUT2D eigenvalue weighted by molar-refractivity contribution is -0.148. The maximum absolute atomic E-state index is 13.9. The molecule has 0 saturated heterocycles. The topological polar surface area (TPSA) is 132 Å². The van der Waals surface area contributed by atoms with Crippen molar-refractivity contribution in [3.8, 4) is 17.5 Å². The van der Waals surface area contributed by atoms with Gasteiger partial charge in [0.1, 0.15) is 23.1 Å². The number of nitrogens with one attached hydrogen (secondary N) is 2. The maximum Gasteiger partial charge on any atom is 0.308 e. The van der Waals surface area contributed by atoms with E-state index >= 15 is 0 Å². The number of carboxylic acid groups (broad SMARTS) is 1. The molecule has 3 fully saturated rings. The highest BCUT2D eigenvalue weighted by molar-refractivity contribution is 5.92. The molecule has 0 radical (unpaired) electrons. The highest BCUT2D eigenvalue weighted by Crippen LogP contribution is 2.46. The molecule has 0 amide bonds. The lowest BCUT2D eigenvalue weighted by atomic mass is 9.61. The monoisotopic (exact) mass is 445 g/mol. The maximum atomic E-state index is 13.9. The van der Waals surface area contributed by atoms with Crippen LogP contribution in [0.5, 0.6) is 0 Å². The number of rotatable bonds is 4. The van der Waals surface area contributed by atoms with Crippen molar-refractivity contribution in [3.63, 3.8) is 0 Å². The second-order valence-electron chi connectivity index (χ2n) is 8.92. The lowest BCUT2D eigenvalue weighted by Gasteiger charge is -2.47. The van der Waals surface area contributed by atoms with E-state index in [1.54, 1.807) is 23.0 Å². The first-order valence-corrected chi connectivity index (χ1v) is 10.9. The van der Waals surface area contributed by atoms with Gasteiger partial charge in [-0.2, -0.15) is 5.26 Å². The predicted molar refractivity (Wildman–Crippen MR) is 117 cm³/mol. The van der Waals surface area contributed by atoms with Gasteiger partial charge in [0.05, 0.1) is 17.7 Å². The molecule has 0 aliphatic heterocycles. The number of halogens is 1. The van der Waals surface area contributed by atoms with Gasteiger partial charge in [-0.1, -0.05) is 0 Å². The number of H-pyrrole nitrogens is 1. The van der Waals surface area contributed by atoms with Crippen molar-refractivity contribution in [1.29, 1.82) is 5.26 Å². The molecular weight excluding hydrogens is 425 g/mol. The quantitative estimate of drug-likeness (QED) is 0.437. The van der Waals surface area contributed by atoms with Gasteiger partial charge in [0.15, 0.2) is 11.6 Å². The first-order valence-electron chi connectivity index (χ1n) is 10.9. The number of carboxylic acids is 1. The molecule has 4 aromatic heterocycles. The molecule has 0 spiro atoms. The standard InChI is InChI=1S/C23H20FN7O2/c24-14-6-15-16(9-27-20(15)26-8-14)21-29-22(17-5-11(7-25)10-31(17)30-21)28-19-13-3-1-12(2-4-13)18(19)23(32)33/h5-6,8-10,12-13,18-19H,1-4H2,(H,26,27)(H,32,33)(H,28,29,30)/t12?,13?,18-,19-/m0/s1. The number of hydrogen-bond acceptors (Lipinski definition) is 6. The molecule has 3 aliphatic rings. The number of aromatic amines is 1. The molecule has 9 nitrogen and oxygen atoms in total. The van der Waals surface area contributed by atoms with E-state index in [9.17, 15) is 19.6 Å².